The maximum atomic E-state index is 13.5. The summed E-state index contributed by atoms with van der Waals surface area (Å²) in [7, 11) is 1.35. The van der Waals surface area contributed by atoms with Crippen LogP contribution in [0.15, 0.2) is 29.6 Å². The van der Waals surface area contributed by atoms with Gasteiger partial charge in [0, 0.05) is 74.1 Å². The lowest BCUT2D eigenvalue weighted by Crippen LogP contribution is -2.24. The zero-order valence-corrected chi connectivity index (χ0v) is 31.2. The van der Waals surface area contributed by atoms with Crippen LogP contribution in [0.4, 0.5) is 0 Å². The predicted molar refractivity (Wildman–Crippen MR) is 202 cm³/mol. The van der Waals surface area contributed by atoms with Crippen molar-refractivity contribution in [2.24, 2.45) is 17.8 Å². The molecule has 8 bridgehead atoms. The van der Waals surface area contributed by atoms with Gasteiger partial charge in [-0.2, -0.15) is 0 Å². The molecule has 5 N–H and O–H groups in total. The number of aliphatic hydroxyl groups is 1. The van der Waals surface area contributed by atoms with Crippen molar-refractivity contribution < 1.29 is 24.2 Å². The maximum absolute atomic E-state index is 13.5. The van der Waals surface area contributed by atoms with Crippen LogP contribution in [0.1, 0.15) is 116 Å². The van der Waals surface area contributed by atoms with Gasteiger partial charge in [0.05, 0.1) is 18.9 Å². The summed E-state index contributed by atoms with van der Waals surface area (Å²) in [6, 6.07) is 0. The lowest BCUT2D eigenvalue weighted by atomic mass is 9.84. The molecule has 9 nitrogen and oxygen atoms in total. The van der Waals surface area contributed by atoms with E-state index in [0.29, 0.717) is 23.3 Å². The van der Waals surface area contributed by atoms with Gasteiger partial charge in [-0.05, 0) is 93.5 Å². The van der Waals surface area contributed by atoms with Crippen molar-refractivity contribution in [2.45, 2.75) is 86.7 Å². The molecule has 1 unspecified atom stereocenters. The van der Waals surface area contributed by atoms with Gasteiger partial charge in [-0.3, -0.25) is 9.59 Å². The number of fused-ring (bicyclic) bond motifs is 7. The van der Waals surface area contributed by atoms with Crippen LogP contribution in [0.25, 0.3) is 29.9 Å². The van der Waals surface area contributed by atoms with E-state index in [-0.39, 0.29) is 30.8 Å². The first-order valence-corrected chi connectivity index (χ1v) is 18.2. The molecule has 0 amide bonds. The van der Waals surface area contributed by atoms with Crippen LogP contribution in [0.5, 0.6) is 0 Å². The fourth-order valence-electron chi connectivity index (χ4n) is 8.31. The quantitative estimate of drug-likeness (QED) is 0.126. The smallest absolute Gasteiger partial charge is 0.316 e. The molecule has 0 radical (unpaired) electrons. The predicted octanol–water partition coefficient (Wildman–Crippen LogP) is 6.29. The van der Waals surface area contributed by atoms with Crippen molar-refractivity contribution in [3.63, 3.8) is 0 Å². The molecule has 5 heterocycles. The first kappa shape index (κ1) is 36.0. The van der Waals surface area contributed by atoms with E-state index in [2.05, 4.69) is 86.6 Å². The average molecular weight is 693 g/mol. The Labute approximate surface area is 300 Å². The average Bonchev–Trinajstić information content (AvgIpc) is 3.84. The number of aromatic amines is 3. The van der Waals surface area contributed by atoms with E-state index >= 15 is 0 Å². The van der Waals surface area contributed by atoms with E-state index in [0.717, 1.165) is 75.1 Å². The number of H-pyrrole nitrogens is 3. The monoisotopic (exact) mass is 692 g/mol. The molecule has 51 heavy (non-hydrogen) atoms. The molecule has 2 aliphatic heterocycles. The van der Waals surface area contributed by atoms with E-state index in [1.54, 1.807) is 0 Å². The van der Waals surface area contributed by atoms with Crippen LogP contribution in [0, 0.1) is 38.5 Å². The lowest BCUT2D eigenvalue weighted by Gasteiger charge is -2.21. The third kappa shape index (κ3) is 6.37. The van der Waals surface area contributed by atoms with E-state index in [9.17, 15) is 14.7 Å². The molecule has 3 aromatic rings. The molecule has 6 rings (SSSR count). The largest absolute Gasteiger partial charge is 0.468 e. The second-order valence-electron chi connectivity index (χ2n) is 14.3. The van der Waals surface area contributed by atoms with Crippen LogP contribution in [-0.2, 0) is 25.5 Å². The summed E-state index contributed by atoms with van der Waals surface area (Å²) < 4.78 is 10.9. The summed E-state index contributed by atoms with van der Waals surface area (Å²) in [6.07, 6.45) is 12.7. The highest BCUT2D eigenvalue weighted by molar-refractivity contribution is 5.95. The van der Waals surface area contributed by atoms with Gasteiger partial charge in [0.1, 0.15) is 12.5 Å². The van der Waals surface area contributed by atoms with Crippen LogP contribution >= 0.6 is 0 Å². The highest BCUT2D eigenvalue weighted by Crippen LogP contribution is 2.52. The summed E-state index contributed by atoms with van der Waals surface area (Å²) in [6.45, 7) is 19.1. The number of hydrogen-bond acceptors (Lipinski definition) is 6. The number of esters is 2. The SMILES string of the molecule is C=Cc1c2[nH]c(c1C)/C=C1\N/C(=C3\c4[nH]c(c(C)c4C(O)[C@@H]3C(=O)OC)/C=c3\[nH]/c(c(C)c3CC)=C\2)[C@@H](CCC(=O)OC/C=C(\C)CCC)[C@@H]1C. The Morgan fingerprint density at radius 3 is 2.37 bits per heavy atom. The Morgan fingerprint density at radius 2 is 1.69 bits per heavy atom. The minimum atomic E-state index is -1.11. The molecule has 3 aliphatic rings. The highest BCUT2D eigenvalue weighted by atomic mass is 16.5. The third-order valence-electron chi connectivity index (χ3n) is 11.3. The Bertz CT molecular complexity index is 2120. The van der Waals surface area contributed by atoms with Crippen molar-refractivity contribution in [1.29, 1.82) is 0 Å². The van der Waals surface area contributed by atoms with Crippen molar-refractivity contribution in [1.82, 2.24) is 20.3 Å². The summed E-state index contributed by atoms with van der Waals surface area (Å²) in [5.74, 6) is -1.94. The maximum Gasteiger partial charge on any atom is 0.316 e. The molecule has 0 spiro atoms. The first-order chi connectivity index (χ1) is 24.4. The number of carbonyl (C=O) groups is 2. The zero-order chi connectivity index (χ0) is 36.7. The van der Waals surface area contributed by atoms with Crippen LogP contribution in [-0.4, -0.2) is 45.7 Å². The Kier molecular flexibility index (Phi) is 10.2. The Morgan fingerprint density at radius 1 is 0.961 bits per heavy atom. The molecule has 0 saturated carbocycles. The number of hydrogen-bond donors (Lipinski definition) is 5. The number of methoxy groups -OCH3 is 1. The van der Waals surface area contributed by atoms with E-state index in [4.69, 9.17) is 9.47 Å². The minimum absolute atomic E-state index is 0.0496. The van der Waals surface area contributed by atoms with Gasteiger partial charge >= 0.3 is 11.9 Å². The molecular formula is C42H52N4O5. The fraction of sp³-hybridized carbons (Fsp3) is 0.429. The molecular weight excluding hydrogens is 640 g/mol. The normalized spacial score (nSPS) is 24.6. The van der Waals surface area contributed by atoms with E-state index in [1.165, 1.54) is 23.8 Å². The standard InChI is InChI=1S/C42H52N4O5/c1-10-13-21(4)16-17-51-35(47)15-14-28-24(7)31-18-29-22(5)26(11-2)33(43-29)19-30-23(6)27(12-3)34(44-30)20-32-25(8)36-40(46-32)37(39(28)45-31)38(41(36)48)42(49)50-9/h11,16,18-20,24,28,38,41,43-46,48H,2,10,12-15,17H2,1,3-9H3/b21-16+,30-19-,31-18-,34-20-,39-37-/t24-,28-,38+,41?/m0/s1. The van der Waals surface area contributed by atoms with Crippen molar-refractivity contribution >= 4 is 41.8 Å². The van der Waals surface area contributed by atoms with Gasteiger partial charge in [0.25, 0.3) is 0 Å². The van der Waals surface area contributed by atoms with E-state index < -0.39 is 18.0 Å². The topological polar surface area (TPSA) is 132 Å². The second-order valence-corrected chi connectivity index (χ2v) is 14.3. The fourth-order valence-corrected chi connectivity index (χ4v) is 8.31. The minimum Gasteiger partial charge on any atom is -0.468 e. The van der Waals surface area contributed by atoms with Gasteiger partial charge in [-0.1, -0.05) is 45.4 Å². The lowest BCUT2D eigenvalue weighted by molar-refractivity contribution is -0.146. The molecule has 270 valence electrons. The highest BCUT2D eigenvalue weighted by Gasteiger charge is 2.48. The van der Waals surface area contributed by atoms with Gasteiger partial charge < -0.3 is 34.8 Å². The zero-order valence-electron chi connectivity index (χ0n) is 31.2. The first-order valence-electron chi connectivity index (χ1n) is 18.2. The number of allylic oxidation sites excluding steroid dienone is 3. The van der Waals surface area contributed by atoms with Crippen LogP contribution < -0.4 is 16.0 Å². The van der Waals surface area contributed by atoms with Crippen molar-refractivity contribution in [2.75, 3.05) is 13.7 Å². The Balaban J connectivity index is 1.56. The number of aliphatic hydroxyl groups excluding tert-OH is 1. The summed E-state index contributed by atoms with van der Waals surface area (Å²) in [5, 5.41) is 17.6. The van der Waals surface area contributed by atoms with Crippen molar-refractivity contribution in [3.05, 3.63) is 96.5 Å². The van der Waals surface area contributed by atoms with E-state index in [1.807, 2.05) is 19.1 Å². The molecule has 9 heteroatoms. The Hall–Kier alpha value is -4.76. The molecule has 0 aromatic carbocycles. The number of nitrogens with one attached hydrogen (secondary N) is 4. The summed E-state index contributed by atoms with van der Waals surface area (Å²) in [5.41, 5.74) is 13.1. The van der Waals surface area contributed by atoms with Gasteiger partial charge in [-0.15, -0.1) is 0 Å². The summed E-state index contributed by atoms with van der Waals surface area (Å²) in [4.78, 5) is 37.5. The molecule has 1 fully saturated rings. The number of aromatic nitrogens is 3. The third-order valence-corrected chi connectivity index (χ3v) is 11.3. The second kappa shape index (κ2) is 14.5. The number of ether oxygens (including phenoxy) is 2. The number of rotatable bonds is 10. The van der Waals surface area contributed by atoms with Gasteiger partial charge in [0.2, 0.25) is 0 Å². The molecule has 4 atom stereocenters. The molecule has 3 aromatic heterocycles. The molecule has 1 saturated heterocycles. The van der Waals surface area contributed by atoms with Gasteiger partial charge in [0.15, 0.2) is 0 Å². The summed E-state index contributed by atoms with van der Waals surface area (Å²) >= 11 is 0. The van der Waals surface area contributed by atoms with Crippen LogP contribution in [0.2, 0.25) is 0 Å². The van der Waals surface area contributed by atoms with Gasteiger partial charge in [-0.25, -0.2) is 0 Å². The van der Waals surface area contributed by atoms with Crippen LogP contribution in [0.3, 0.4) is 0 Å². The molecule has 1 aliphatic carbocycles. The number of carbonyl (C=O) groups excluding carboxylic acids is 2. The van der Waals surface area contributed by atoms with Crippen molar-refractivity contribution in [3.8, 4) is 0 Å².